The molecule has 0 unspecified atom stereocenters. The van der Waals surface area contributed by atoms with Gasteiger partial charge in [0.2, 0.25) is 0 Å². The van der Waals surface area contributed by atoms with Crippen LogP contribution in [-0.2, 0) is 6.42 Å². The number of nitrogens with one attached hydrogen (secondary N) is 1. The summed E-state index contributed by atoms with van der Waals surface area (Å²) in [6.07, 6.45) is 0.912. The summed E-state index contributed by atoms with van der Waals surface area (Å²) in [6.45, 7) is 6.35. The largest absolute Gasteiger partial charge is 0.369 e. The van der Waals surface area contributed by atoms with Gasteiger partial charge in [-0.25, -0.2) is 0 Å². The molecular weight excluding hydrogens is 216 g/mol. The molecule has 2 nitrogen and oxygen atoms in total. The van der Waals surface area contributed by atoms with Crippen LogP contribution in [-0.4, -0.2) is 31.0 Å². The van der Waals surface area contributed by atoms with Crippen LogP contribution in [0.1, 0.15) is 12.5 Å². The molecule has 3 heteroatoms. The Morgan fingerprint density at radius 2 is 2.00 bits per heavy atom. The fraction of sp³-hybridized carbons (Fsp3) is 0.462. The molecule has 1 heterocycles. The average molecular weight is 234 g/mol. The van der Waals surface area contributed by atoms with E-state index >= 15 is 0 Å². The molecule has 0 bridgehead atoms. The number of rotatable bonds is 3. The SMILES string of the molecule is CC(=S)Cc1ccccc1N1CCNCC1. The Hall–Kier alpha value is -0.930. The third kappa shape index (κ3) is 2.80. The summed E-state index contributed by atoms with van der Waals surface area (Å²) in [4.78, 5) is 3.51. The van der Waals surface area contributed by atoms with E-state index in [1.54, 1.807) is 0 Å². The van der Waals surface area contributed by atoms with Crippen molar-refractivity contribution >= 4 is 22.8 Å². The van der Waals surface area contributed by atoms with E-state index < -0.39 is 0 Å². The molecule has 0 radical (unpaired) electrons. The van der Waals surface area contributed by atoms with E-state index in [-0.39, 0.29) is 0 Å². The third-order valence-electron chi connectivity index (χ3n) is 2.89. The van der Waals surface area contributed by atoms with Gasteiger partial charge >= 0.3 is 0 Å². The smallest absolute Gasteiger partial charge is 0.0403 e. The normalized spacial score (nSPS) is 16.2. The van der Waals surface area contributed by atoms with E-state index in [4.69, 9.17) is 12.2 Å². The predicted molar refractivity (Wildman–Crippen MR) is 73.5 cm³/mol. The second kappa shape index (κ2) is 5.41. The summed E-state index contributed by atoms with van der Waals surface area (Å²) in [7, 11) is 0. The predicted octanol–water partition coefficient (Wildman–Crippen LogP) is 2.03. The van der Waals surface area contributed by atoms with Crippen molar-refractivity contribution in [3.63, 3.8) is 0 Å². The zero-order valence-electron chi connectivity index (χ0n) is 9.70. The molecular formula is C13H18N2S. The molecule has 1 N–H and O–H groups in total. The first-order valence-corrected chi connectivity index (χ1v) is 6.21. The van der Waals surface area contributed by atoms with Crippen LogP contribution in [0.5, 0.6) is 0 Å². The second-order valence-corrected chi connectivity index (χ2v) is 4.94. The van der Waals surface area contributed by atoms with Crippen LogP contribution < -0.4 is 10.2 Å². The van der Waals surface area contributed by atoms with Gasteiger partial charge in [0.1, 0.15) is 0 Å². The van der Waals surface area contributed by atoms with Gasteiger partial charge in [0, 0.05) is 38.3 Å². The molecule has 0 aromatic heterocycles. The number of thiocarbonyl (C=S) groups is 1. The van der Waals surface area contributed by atoms with Crippen molar-refractivity contribution in [2.75, 3.05) is 31.1 Å². The molecule has 0 atom stereocenters. The molecule has 0 aliphatic carbocycles. The van der Waals surface area contributed by atoms with E-state index in [2.05, 4.69) is 34.5 Å². The van der Waals surface area contributed by atoms with Gasteiger partial charge in [-0.1, -0.05) is 30.4 Å². The lowest BCUT2D eigenvalue weighted by atomic mass is 10.1. The zero-order chi connectivity index (χ0) is 11.4. The van der Waals surface area contributed by atoms with Crippen molar-refractivity contribution in [1.82, 2.24) is 5.32 Å². The number of piperazine rings is 1. The van der Waals surface area contributed by atoms with Crippen LogP contribution in [0.4, 0.5) is 5.69 Å². The van der Waals surface area contributed by atoms with Crippen LogP contribution in [0.15, 0.2) is 24.3 Å². The number of nitrogens with zero attached hydrogens (tertiary/aromatic N) is 1. The molecule has 0 amide bonds. The maximum absolute atomic E-state index is 5.21. The first-order chi connectivity index (χ1) is 7.77. The van der Waals surface area contributed by atoms with Gasteiger partial charge in [-0.2, -0.15) is 0 Å². The van der Waals surface area contributed by atoms with Crippen molar-refractivity contribution < 1.29 is 0 Å². The molecule has 0 saturated carbocycles. The molecule has 1 aliphatic rings. The highest BCUT2D eigenvalue weighted by molar-refractivity contribution is 7.80. The number of para-hydroxylation sites is 1. The molecule has 2 rings (SSSR count). The van der Waals surface area contributed by atoms with Crippen LogP contribution >= 0.6 is 12.2 Å². The fourth-order valence-corrected chi connectivity index (χ4v) is 2.30. The lowest BCUT2D eigenvalue weighted by Gasteiger charge is -2.31. The monoisotopic (exact) mass is 234 g/mol. The van der Waals surface area contributed by atoms with Crippen molar-refractivity contribution in [2.45, 2.75) is 13.3 Å². The summed E-state index contributed by atoms with van der Waals surface area (Å²) in [5.74, 6) is 0. The maximum atomic E-state index is 5.21. The highest BCUT2D eigenvalue weighted by atomic mass is 32.1. The molecule has 16 heavy (non-hydrogen) atoms. The van der Waals surface area contributed by atoms with E-state index in [1.165, 1.54) is 11.3 Å². The number of hydrogen-bond donors (Lipinski definition) is 1. The summed E-state index contributed by atoms with van der Waals surface area (Å²) in [5, 5.41) is 3.38. The minimum atomic E-state index is 0.912. The van der Waals surface area contributed by atoms with E-state index in [9.17, 15) is 0 Å². The van der Waals surface area contributed by atoms with Crippen molar-refractivity contribution in [3.8, 4) is 0 Å². The van der Waals surface area contributed by atoms with Gasteiger partial charge in [0.05, 0.1) is 0 Å². The Balaban J connectivity index is 2.20. The second-order valence-electron chi connectivity index (χ2n) is 4.24. The quantitative estimate of drug-likeness (QED) is 0.806. The van der Waals surface area contributed by atoms with Gasteiger partial charge in [0.15, 0.2) is 0 Å². The Morgan fingerprint density at radius 3 is 2.69 bits per heavy atom. The van der Waals surface area contributed by atoms with E-state index in [1.807, 2.05) is 6.92 Å². The summed E-state index contributed by atoms with van der Waals surface area (Å²) < 4.78 is 0. The maximum Gasteiger partial charge on any atom is 0.0403 e. The van der Waals surface area contributed by atoms with Crippen molar-refractivity contribution in [2.24, 2.45) is 0 Å². The summed E-state index contributed by atoms with van der Waals surface area (Å²) >= 11 is 5.21. The van der Waals surface area contributed by atoms with Gasteiger partial charge in [-0.3, -0.25) is 0 Å². The molecule has 1 aliphatic heterocycles. The highest BCUT2D eigenvalue weighted by Gasteiger charge is 2.13. The van der Waals surface area contributed by atoms with Gasteiger partial charge in [-0.15, -0.1) is 0 Å². The van der Waals surface area contributed by atoms with E-state index in [0.717, 1.165) is 37.5 Å². The van der Waals surface area contributed by atoms with E-state index in [0.29, 0.717) is 0 Å². The Bertz CT molecular complexity index is 370. The van der Waals surface area contributed by atoms with Crippen LogP contribution in [0.2, 0.25) is 0 Å². The van der Waals surface area contributed by atoms with Crippen molar-refractivity contribution in [3.05, 3.63) is 29.8 Å². The summed E-state index contributed by atoms with van der Waals surface area (Å²) in [5.41, 5.74) is 2.71. The first-order valence-electron chi connectivity index (χ1n) is 5.80. The topological polar surface area (TPSA) is 15.3 Å². The fourth-order valence-electron chi connectivity index (χ4n) is 2.14. The van der Waals surface area contributed by atoms with Crippen LogP contribution in [0.3, 0.4) is 0 Å². The standard InChI is InChI=1S/C13H18N2S/c1-11(16)10-12-4-2-3-5-13(12)15-8-6-14-7-9-15/h2-5,14H,6-10H2,1H3. The molecule has 1 aromatic rings. The minimum absolute atomic E-state index is 0.912. The Kier molecular flexibility index (Phi) is 3.91. The number of hydrogen-bond acceptors (Lipinski definition) is 3. The Labute approximate surface area is 103 Å². The van der Waals surface area contributed by atoms with Gasteiger partial charge < -0.3 is 10.2 Å². The van der Waals surface area contributed by atoms with Crippen LogP contribution in [0, 0.1) is 0 Å². The minimum Gasteiger partial charge on any atom is -0.369 e. The average Bonchev–Trinajstić information content (AvgIpc) is 2.30. The lowest BCUT2D eigenvalue weighted by molar-refractivity contribution is 0.588. The molecule has 0 spiro atoms. The number of benzene rings is 1. The van der Waals surface area contributed by atoms with Gasteiger partial charge in [0.25, 0.3) is 0 Å². The molecule has 1 saturated heterocycles. The zero-order valence-corrected chi connectivity index (χ0v) is 10.5. The molecule has 1 fully saturated rings. The summed E-state index contributed by atoms with van der Waals surface area (Å²) in [6, 6.07) is 8.60. The molecule has 86 valence electrons. The highest BCUT2D eigenvalue weighted by Crippen LogP contribution is 2.21. The number of anilines is 1. The third-order valence-corrected chi connectivity index (χ3v) is 3.03. The van der Waals surface area contributed by atoms with Crippen molar-refractivity contribution in [1.29, 1.82) is 0 Å². The first kappa shape index (κ1) is 11.6. The molecule has 1 aromatic carbocycles. The van der Waals surface area contributed by atoms with Crippen LogP contribution in [0.25, 0.3) is 0 Å². The Morgan fingerprint density at radius 1 is 1.31 bits per heavy atom. The van der Waals surface area contributed by atoms with Gasteiger partial charge in [-0.05, 0) is 23.4 Å². The lowest BCUT2D eigenvalue weighted by Crippen LogP contribution is -2.43.